The maximum atomic E-state index is 14.1. The van der Waals surface area contributed by atoms with Crippen molar-refractivity contribution in [3.05, 3.63) is 58.5 Å². The first-order valence-corrected chi connectivity index (χ1v) is 7.20. The van der Waals surface area contributed by atoms with E-state index in [1.165, 1.54) is 12.1 Å². The van der Waals surface area contributed by atoms with Crippen LogP contribution in [-0.2, 0) is 4.74 Å². The first-order chi connectivity index (χ1) is 10.9. The Morgan fingerprint density at radius 2 is 1.78 bits per heavy atom. The summed E-state index contributed by atoms with van der Waals surface area (Å²) < 4.78 is 59.2. The van der Waals surface area contributed by atoms with Crippen LogP contribution >= 0.6 is 11.3 Å². The van der Waals surface area contributed by atoms with Crippen LogP contribution in [0, 0.1) is 23.3 Å². The Morgan fingerprint density at radius 3 is 2.48 bits per heavy atom. The van der Waals surface area contributed by atoms with Crippen molar-refractivity contribution in [2.75, 3.05) is 7.11 Å². The molecule has 0 N–H and O–H groups in total. The van der Waals surface area contributed by atoms with Gasteiger partial charge in [-0.3, -0.25) is 0 Å². The number of carbonyl (C=O) groups is 1. The highest BCUT2D eigenvalue weighted by Crippen LogP contribution is 2.41. The Kier molecular flexibility index (Phi) is 3.81. The standard InChI is InChI=1S/C16H8F4O2S/c1-22-16(21)15-12(8-3-2-7(17)6-11(8)23-15)9-4-5-10(18)14(20)13(9)19/h2-6H,1H3. The molecule has 0 unspecified atom stereocenters. The number of ether oxygens (including phenoxy) is 1. The molecule has 1 heterocycles. The monoisotopic (exact) mass is 340 g/mol. The number of fused-ring (bicyclic) bond motifs is 1. The molecule has 0 amide bonds. The van der Waals surface area contributed by atoms with Gasteiger partial charge in [-0.05, 0) is 30.3 Å². The molecule has 2 aromatic carbocycles. The van der Waals surface area contributed by atoms with Crippen LogP contribution in [0.1, 0.15) is 9.67 Å². The van der Waals surface area contributed by atoms with Gasteiger partial charge in [0, 0.05) is 21.2 Å². The highest BCUT2D eigenvalue weighted by molar-refractivity contribution is 7.21. The smallest absolute Gasteiger partial charge is 0.348 e. The van der Waals surface area contributed by atoms with Crippen molar-refractivity contribution in [3.8, 4) is 11.1 Å². The molecule has 0 aliphatic carbocycles. The number of esters is 1. The van der Waals surface area contributed by atoms with Crippen LogP contribution in [0.4, 0.5) is 17.6 Å². The van der Waals surface area contributed by atoms with Gasteiger partial charge in [0.1, 0.15) is 10.7 Å². The normalized spacial score (nSPS) is 11.0. The summed E-state index contributed by atoms with van der Waals surface area (Å²) in [6, 6.07) is 5.46. The minimum Gasteiger partial charge on any atom is -0.465 e. The maximum Gasteiger partial charge on any atom is 0.348 e. The molecule has 3 rings (SSSR count). The van der Waals surface area contributed by atoms with Crippen molar-refractivity contribution in [1.82, 2.24) is 0 Å². The molecule has 0 bridgehead atoms. The van der Waals surface area contributed by atoms with Gasteiger partial charge in [-0.25, -0.2) is 22.4 Å². The Labute approximate surface area is 131 Å². The average Bonchev–Trinajstić information content (AvgIpc) is 2.90. The van der Waals surface area contributed by atoms with Crippen LogP contribution in [-0.4, -0.2) is 13.1 Å². The molecule has 0 saturated carbocycles. The molecule has 3 aromatic rings. The Morgan fingerprint density at radius 1 is 1.04 bits per heavy atom. The van der Waals surface area contributed by atoms with Gasteiger partial charge >= 0.3 is 5.97 Å². The summed E-state index contributed by atoms with van der Waals surface area (Å²) in [5, 5.41) is 0.349. The molecule has 1 aromatic heterocycles. The van der Waals surface area contributed by atoms with Crippen molar-refractivity contribution < 1.29 is 27.1 Å². The van der Waals surface area contributed by atoms with Crippen LogP contribution < -0.4 is 0 Å². The summed E-state index contributed by atoms with van der Waals surface area (Å²) in [6.07, 6.45) is 0. The SMILES string of the molecule is COC(=O)c1sc2cc(F)ccc2c1-c1ccc(F)c(F)c1F. The van der Waals surface area contributed by atoms with Gasteiger partial charge in [0.15, 0.2) is 17.5 Å². The molecule has 0 radical (unpaired) electrons. The van der Waals surface area contributed by atoms with Crippen molar-refractivity contribution in [2.24, 2.45) is 0 Å². The van der Waals surface area contributed by atoms with Crippen LogP contribution in [0.3, 0.4) is 0 Å². The van der Waals surface area contributed by atoms with E-state index in [0.29, 0.717) is 10.1 Å². The van der Waals surface area contributed by atoms with Crippen LogP contribution in [0.15, 0.2) is 30.3 Å². The van der Waals surface area contributed by atoms with E-state index in [-0.39, 0.29) is 16.0 Å². The molecule has 0 aliphatic heterocycles. The Hall–Kier alpha value is -2.41. The predicted molar refractivity (Wildman–Crippen MR) is 78.4 cm³/mol. The van der Waals surface area contributed by atoms with Crippen molar-refractivity contribution in [2.45, 2.75) is 0 Å². The van der Waals surface area contributed by atoms with Gasteiger partial charge in [0.2, 0.25) is 0 Å². The van der Waals surface area contributed by atoms with Gasteiger partial charge in [0.25, 0.3) is 0 Å². The highest BCUT2D eigenvalue weighted by atomic mass is 32.1. The second-order valence-corrected chi connectivity index (χ2v) is 5.71. The number of carbonyl (C=O) groups excluding carboxylic acids is 1. The third kappa shape index (κ3) is 2.46. The Bertz CT molecular complexity index is 933. The summed E-state index contributed by atoms with van der Waals surface area (Å²) in [5.74, 6) is -5.70. The number of benzene rings is 2. The van der Waals surface area contributed by atoms with Crippen LogP contribution in [0.5, 0.6) is 0 Å². The van der Waals surface area contributed by atoms with Gasteiger partial charge in [-0.2, -0.15) is 0 Å². The Balaban J connectivity index is 2.40. The number of rotatable bonds is 2. The number of hydrogen-bond donors (Lipinski definition) is 0. The first kappa shape index (κ1) is 15.5. The molecule has 2 nitrogen and oxygen atoms in total. The lowest BCUT2D eigenvalue weighted by molar-refractivity contribution is 0.0607. The second-order valence-electron chi connectivity index (χ2n) is 4.66. The maximum absolute atomic E-state index is 14.1. The van der Waals surface area contributed by atoms with E-state index in [2.05, 4.69) is 4.74 Å². The third-order valence-electron chi connectivity index (χ3n) is 3.33. The number of methoxy groups -OCH3 is 1. The van der Waals surface area contributed by atoms with Gasteiger partial charge in [-0.15, -0.1) is 11.3 Å². The third-order valence-corrected chi connectivity index (χ3v) is 4.46. The molecule has 0 spiro atoms. The molecule has 0 atom stereocenters. The largest absolute Gasteiger partial charge is 0.465 e. The molecular weight excluding hydrogens is 332 g/mol. The van der Waals surface area contributed by atoms with E-state index in [4.69, 9.17) is 0 Å². The first-order valence-electron chi connectivity index (χ1n) is 6.38. The van der Waals surface area contributed by atoms with E-state index in [9.17, 15) is 22.4 Å². The zero-order valence-electron chi connectivity index (χ0n) is 11.6. The molecule has 118 valence electrons. The van der Waals surface area contributed by atoms with E-state index >= 15 is 0 Å². The summed E-state index contributed by atoms with van der Waals surface area (Å²) in [7, 11) is 1.14. The van der Waals surface area contributed by atoms with Crippen molar-refractivity contribution in [3.63, 3.8) is 0 Å². The van der Waals surface area contributed by atoms with Gasteiger partial charge in [-0.1, -0.05) is 0 Å². The van der Waals surface area contributed by atoms with Crippen LogP contribution in [0.25, 0.3) is 21.2 Å². The van der Waals surface area contributed by atoms with E-state index in [1.54, 1.807) is 0 Å². The minimum atomic E-state index is -1.64. The van der Waals surface area contributed by atoms with Crippen molar-refractivity contribution >= 4 is 27.4 Å². The minimum absolute atomic E-state index is 0.0157. The number of hydrogen-bond acceptors (Lipinski definition) is 3. The van der Waals surface area contributed by atoms with E-state index in [1.807, 2.05) is 0 Å². The summed E-state index contributed by atoms with van der Waals surface area (Å²) in [4.78, 5) is 11.9. The van der Waals surface area contributed by atoms with Crippen molar-refractivity contribution in [1.29, 1.82) is 0 Å². The fraction of sp³-hybridized carbons (Fsp3) is 0.0625. The van der Waals surface area contributed by atoms with E-state index < -0.39 is 29.2 Å². The summed E-state index contributed by atoms with van der Waals surface area (Å²) in [6.45, 7) is 0. The molecule has 0 fully saturated rings. The predicted octanol–water partition coefficient (Wildman–Crippen LogP) is 4.91. The van der Waals surface area contributed by atoms with Gasteiger partial charge < -0.3 is 4.74 Å². The quantitative estimate of drug-likeness (QED) is 0.376. The average molecular weight is 340 g/mol. The summed E-state index contributed by atoms with van der Waals surface area (Å²) >= 11 is 0.887. The molecule has 0 saturated heterocycles. The summed E-state index contributed by atoms with van der Waals surface area (Å²) in [5.41, 5.74) is -0.240. The lowest BCUT2D eigenvalue weighted by Gasteiger charge is -2.07. The highest BCUT2D eigenvalue weighted by Gasteiger charge is 2.25. The lowest BCUT2D eigenvalue weighted by Crippen LogP contribution is -2.02. The topological polar surface area (TPSA) is 26.3 Å². The lowest BCUT2D eigenvalue weighted by atomic mass is 10.0. The molecular formula is C16H8F4O2S. The number of thiophene rings is 1. The molecule has 23 heavy (non-hydrogen) atoms. The van der Waals surface area contributed by atoms with Crippen LogP contribution in [0.2, 0.25) is 0 Å². The molecule has 0 aliphatic rings. The fourth-order valence-corrected chi connectivity index (χ4v) is 3.45. The second kappa shape index (κ2) is 5.66. The zero-order valence-corrected chi connectivity index (χ0v) is 12.4. The fourth-order valence-electron chi connectivity index (χ4n) is 2.29. The molecule has 7 heteroatoms. The van der Waals surface area contributed by atoms with E-state index in [0.717, 1.165) is 36.6 Å². The zero-order chi connectivity index (χ0) is 16.7. The van der Waals surface area contributed by atoms with Gasteiger partial charge in [0.05, 0.1) is 7.11 Å². The number of halogens is 4.